The molecule has 0 aliphatic heterocycles. The average Bonchev–Trinajstić information content (AvgIpc) is 0.882. The third kappa shape index (κ3) is 88.7. The van der Waals surface area contributed by atoms with Crippen molar-refractivity contribution in [2.75, 3.05) is 382 Å². The molecule has 0 rings (SSSR count). The fourth-order valence-corrected chi connectivity index (χ4v) is 17.0. The highest BCUT2D eigenvalue weighted by Gasteiger charge is 2.38. The predicted octanol–water partition coefficient (Wildman–Crippen LogP) is -1.11. The molecule has 0 fully saturated rings. The van der Waals surface area contributed by atoms with Gasteiger partial charge in [0.2, 0.25) is 53.2 Å². The third-order valence-electron chi connectivity index (χ3n) is 23.8. The molecule has 143 heavy (non-hydrogen) atoms. The summed E-state index contributed by atoms with van der Waals surface area (Å²) in [5, 5.41) is 27.0. The van der Waals surface area contributed by atoms with E-state index in [0.717, 1.165) is 38.9 Å². The van der Waals surface area contributed by atoms with E-state index in [1.54, 1.807) is 14.2 Å². The summed E-state index contributed by atoms with van der Waals surface area (Å²) in [6.45, 7) is 19.4. The zero-order valence-corrected chi connectivity index (χ0v) is 93.9. The quantitative estimate of drug-likeness (QED) is 0.0326. The lowest BCUT2D eigenvalue weighted by molar-refractivity contribution is -0.123. The van der Waals surface area contributed by atoms with Crippen LogP contribution < -0.4 is 47.9 Å². The first-order valence-electron chi connectivity index (χ1n) is 52.0. The van der Waals surface area contributed by atoms with Gasteiger partial charge < -0.3 is 135 Å². The SMILES string of the molecule is CCO[Si](CCCN(CCC(=O)NCCN(CCC(=O)CCCN(CCC(=O)CCCN(C)C)CCC(=O)NCCN(C)C)CCC(=O)NCCN(CCC(=O)CCCN(C)C)CCC(=O)NCCN(C)C)CCC(=O)NCCN(CCC(=O)CCCN(CCC(=O)CCCN(C)C)CCC(=O)NCCN(C)C)CCC(=O)NCCN(CCC(=O)NCCN(C)C)CCC(=O)NCCN(C)C)(OC)OC.O=[Si]=O. The minimum Gasteiger partial charge on any atom is -0.377 e. The Labute approximate surface area is 862 Å². The van der Waals surface area contributed by atoms with Crippen LogP contribution in [0, 0.1) is 0 Å². The molecule has 0 aliphatic carbocycles. The van der Waals surface area contributed by atoms with Gasteiger partial charge in [-0.3, -0.25) is 76.0 Å². The number of amides is 9. The summed E-state index contributed by atoms with van der Waals surface area (Å²) in [4.78, 5) is 217. The third-order valence-corrected chi connectivity index (χ3v) is 26.8. The Morgan fingerprint density at radius 2 is 0.350 bits per heavy atom. The molecule has 0 saturated carbocycles. The number of hydrogen-bond acceptors (Lipinski definition) is 34. The summed E-state index contributed by atoms with van der Waals surface area (Å²) in [5.41, 5.74) is 0. The number of rotatable bonds is 97. The van der Waals surface area contributed by atoms with E-state index in [1.165, 1.54) is 0 Å². The number of ketones is 5. The van der Waals surface area contributed by atoms with E-state index in [2.05, 4.69) is 57.7 Å². The van der Waals surface area contributed by atoms with Crippen LogP contribution in [0.3, 0.4) is 0 Å². The van der Waals surface area contributed by atoms with Gasteiger partial charge >= 0.3 is 18.1 Å². The van der Waals surface area contributed by atoms with Crippen molar-refractivity contribution in [2.24, 2.45) is 0 Å². The topological polar surface area (TPSA) is 458 Å². The van der Waals surface area contributed by atoms with Gasteiger partial charge in [0.25, 0.3) is 0 Å². The maximum absolute atomic E-state index is 14.1. The number of carbonyl (C=O) groups is 14. The first-order valence-corrected chi connectivity index (χ1v) is 54.8. The van der Waals surface area contributed by atoms with Crippen molar-refractivity contribution in [3.8, 4) is 0 Å². The normalized spacial score (nSPS) is 11.8. The molecule has 0 unspecified atom stereocenters. The van der Waals surface area contributed by atoms with E-state index < -0.39 is 18.1 Å². The highest BCUT2D eigenvalue weighted by Crippen LogP contribution is 2.18. The van der Waals surface area contributed by atoms with Crippen LogP contribution >= 0.6 is 0 Å². The molecule has 0 aromatic heterocycles. The Morgan fingerprint density at radius 3 is 0.510 bits per heavy atom. The largest absolute Gasteiger partial charge is 0.549 e. The van der Waals surface area contributed by atoms with Gasteiger partial charge in [0.1, 0.15) is 28.9 Å². The van der Waals surface area contributed by atoms with Gasteiger partial charge in [0.05, 0.1) is 0 Å². The maximum Gasteiger partial charge on any atom is 0.549 e. The zero-order chi connectivity index (χ0) is 107. The van der Waals surface area contributed by atoms with Crippen LogP contribution in [-0.2, 0) is 89.3 Å². The molecule has 0 radical (unpaired) electrons. The second-order valence-electron chi connectivity index (χ2n) is 38.9. The molecule has 830 valence electrons. The number of Topliss-reactive ketones (excluding diaryl/α,β-unsaturated/α-hetero) is 5. The molecule has 0 atom stereocenters. The minimum atomic E-state index is -3.06. The van der Waals surface area contributed by atoms with Crippen molar-refractivity contribution in [3.05, 3.63) is 0 Å². The zero-order valence-electron chi connectivity index (χ0n) is 91.9. The predicted molar refractivity (Wildman–Crippen MR) is 564 cm³/mol. The number of likely N-dealkylation sites (N-methyl/N-ethyl adjacent to an activating group) is 5. The Morgan fingerprint density at radius 1 is 0.203 bits per heavy atom. The fraction of sp³-hybridized carbons (Fsp3) is 0.857. The smallest absolute Gasteiger partial charge is 0.377 e. The van der Waals surface area contributed by atoms with Crippen LogP contribution in [0.5, 0.6) is 0 Å². The molecule has 0 saturated heterocycles. The van der Waals surface area contributed by atoms with Crippen molar-refractivity contribution in [3.63, 3.8) is 0 Å². The van der Waals surface area contributed by atoms with Gasteiger partial charge in [-0.2, -0.15) is 0 Å². The molecular weight excluding hydrogens is 1870 g/mol. The van der Waals surface area contributed by atoms with Gasteiger partial charge in [0, 0.05) is 358 Å². The van der Waals surface area contributed by atoms with E-state index in [1.807, 2.05) is 183 Å². The molecule has 43 nitrogen and oxygen atoms in total. The molecule has 9 N–H and O–H groups in total. The summed E-state index contributed by atoms with van der Waals surface area (Å²) in [6.07, 6.45) is 8.41. The van der Waals surface area contributed by atoms with Gasteiger partial charge in [-0.15, -0.1) is 0 Å². The molecule has 0 aliphatic rings. The summed E-state index contributed by atoms with van der Waals surface area (Å²) in [6, 6.07) is 0.464. The number of nitrogens with one attached hydrogen (secondary N) is 9. The molecule has 0 spiro atoms. The average molecular weight is 2070 g/mol. The van der Waals surface area contributed by atoms with Gasteiger partial charge in [-0.25, -0.2) is 0 Å². The van der Waals surface area contributed by atoms with Gasteiger partial charge in [-0.05, 0) is 197 Å². The fourth-order valence-electron chi connectivity index (χ4n) is 15.0. The highest BCUT2D eigenvalue weighted by atomic mass is 28.4. The highest BCUT2D eigenvalue weighted by molar-refractivity contribution is 6.60. The Kier molecular flexibility index (Phi) is 86.8. The van der Waals surface area contributed by atoms with Crippen LogP contribution in [-0.4, -0.2) is 556 Å². The van der Waals surface area contributed by atoms with E-state index in [4.69, 9.17) is 22.2 Å². The molecule has 0 aromatic carbocycles. The maximum atomic E-state index is 14.1. The van der Waals surface area contributed by atoms with E-state index in [-0.39, 0.29) is 218 Å². The van der Waals surface area contributed by atoms with E-state index in [9.17, 15) is 67.1 Å². The van der Waals surface area contributed by atoms with Crippen molar-refractivity contribution in [1.82, 2.24) is 121 Å². The van der Waals surface area contributed by atoms with Crippen LogP contribution in [0.2, 0.25) is 6.04 Å². The summed E-state index contributed by atoms with van der Waals surface area (Å²) < 4.78 is 34.5. The Balaban J connectivity index is 0. The molecule has 0 heterocycles. The lowest BCUT2D eigenvalue weighted by atomic mass is 10.1. The number of hydrogen-bond donors (Lipinski definition) is 9. The molecule has 45 heteroatoms. The van der Waals surface area contributed by atoms with Gasteiger partial charge in [-0.1, -0.05) is 0 Å². The van der Waals surface area contributed by atoms with Crippen LogP contribution in [0.25, 0.3) is 0 Å². The second kappa shape index (κ2) is 90.0. The van der Waals surface area contributed by atoms with Crippen molar-refractivity contribution in [1.29, 1.82) is 0 Å². The lowest BCUT2D eigenvalue weighted by Gasteiger charge is -2.28. The Bertz CT molecular complexity index is 2990. The molecule has 0 aromatic rings. The summed E-state index contributed by atoms with van der Waals surface area (Å²) in [7, 11) is 29.8. The standard InChI is InChI=1S/C98H196N24O17Si.O2Si/c1-20-139-140(137-18,138-19)84-26-60-118(68-39-95(133)104-51-80-120(64-35-88(126)30-24-58-116(61-32-85(123)27-21-55-108(2)3)66-37-90(128)99-46-75-111(8)9)71-42-97(135)106-53-82-119(63-34-87(125)29-23-57-110(6)7)70-41-92(130)101-48-77-113(12)13)69-40-96(134)105-52-81-121(65-36-89(127)31-25-59-117(62-33-86(124)28-22-56-109(4)5)67-38-91(129)100-47-76-112(10)11)72-43-98(136)107-54-83-122(73-44-93(131)102-49-78-114(14)15)74-45-94(132)103-50-79-115(16)17;1-3-2/h20-84H2,1-19H3,(H,99,128)(H,100,129)(H,101,130)(H,102,131)(H,103,132)(H,104,133)(H,105,134)(H,106,135)(H,107,136);. The van der Waals surface area contributed by atoms with Crippen molar-refractivity contribution in [2.45, 2.75) is 173 Å². The minimum absolute atomic E-state index is 0.000293. The molecule has 9 amide bonds. The summed E-state index contributed by atoms with van der Waals surface area (Å²) >= 11 is 0. The lowest BCUT2D eigenvalue weighted by Crippen LogP contribution is -2.44. The van der Waals surface area contributed by atoms with Gasteiger partial charge in [0.15, 0.2) is 0 Å². The van der Waals surface area contributed by atoms with Crippen LogP contribution in [0.15, 0.2) is 0 Å². The van der Waals surface area contributed by atoms with Crippen LogP contribution in [0.1, 0.15) is 167 Å². The summed E-state index contributed by atoms with van der Waals surface area (Å²) in [5.74, 6) is -1.05. The van der Waals surface area contributed by atoms with E-state index in [0.29, 0.717) is 247 Å². The molecule has 0 bridgehead atoms. The monoisotopic (exact) mass is 2070 g/mol. The van der Waals surface area contributed by atoms with Crippen LogP contribution in [0.4, 0.5) is 0 Å². The number of nitrogens with zero attached hydrogens (tertiary/aromatic N) is 15. The molecular formula is C98H196N24O19Si2. The second-order valence-corrected chi connectivity index (χ2v) is 42.0. The first-order chi connectivity index (χ1) is 68.0. The van der Waals surface area contributed by atoms with E-state index >= 15 is 0 Å². The van der Waals surface area contributed by atoms with Crippen molar-refractivity contribution >= 4 is 100 Å². The number of carbonyl (C=O) groups excluding carboxylic acids is 14. The Hall–Kier alpha value is -7.11. The first kappa shape index (κ1) is 138. The van der Waals surface area contributed by atoms with Crippen molar-refractivity contribution < 1.29 is 89.3 Å².